The molecule has 0 radical (unpaired) electrons. The number of carbonyl (C=O) groups excluding carboxylic acids is 1. The van der Waals surface area contributed by atoms with Gasteiger partial charge in [0.15, 0.2) is 0 Å². The molecule has 0 atom stereocenters. The van der Waals surface area contributed by atoms with Gasteiger partial charge in [0.1, 0.15) is 17.9 Å². The van der Waals surface area contributed by atoms with Gasteiger partial charge in [-0.3, -0.25) is 0 Å². The van der Waals surface area contributed by atoms with Crippen molar-refractivity contribution in [1.29, 1.82) is 0 Å². The minimum atomic E-state index is -0.417. The summed E-state index contributed by atoms with van der Waals surface area (Å²) in [5.74, 6) is 0.0601. The molecule has 128 valence electrons. The SMILES string of the molecule is O=C(OCc1ccccc1)c1c(OCCCO)ccc2ccccc12. The highest BCUT2D eigenvalue weighted by atomic mass is 16.5. The fraction of sp³-hybridized carbons (Fsp3) is 0.190. The lowest BCUT2D eigenvalue weighted by Gasteiger charge is -2.14. The molecule has 0 amide bonds. The third-order valence-corrected chi connectivity index (χ3v) is 3.87. The van der Waals surface area contributed by atoms with Crippen LogP contribution in [0.2, 0.25) is 0 Å². The van der Waals surface area contributed by atoms with Gasteiger partial charge in [0.25, 0.3) is 0 Å². The van der Waals surface area contributed by atoms with E-state index in [2.05, 4.69) is 0 Å². The van der Waals surface area contributed by atoms with E-state index in [-0.39, 0.29) is 13.2 Å². The fourth-order valence-electron chi connectivity index (χ4n) is 2.62. The van der Waals surface area contributed by atoms with Crippen molar-refractivity contribution >= 4 is 16.7 Å². The minimum absolute atomic E-state index is 0.0430. The number of fused-ring (bicyclic) bond motifs is 1. The second-order valence-electron chi connectivity index (χ2n) is 5.65. The molecule has 0 fully saturated rings. The van der Waals surface area contributed by atoms with Gasteiger partial charge in [0.05, 0.1) is 6.61 Å². The van der Waals surface area contributed by atoms with E-state index in [1.165, 1.54) is 0 Å². The first kappa shape index (κ1) is 17.0. The third kappa shape index (κ3) is 4.17. The molecular weight excluding hydrogens is 316 g/mol. The van der Waals surface area contributed by atoms with Crippen LogP contribution < -0.4 is 4.74 Å². The molecule has 4 nitrogen and oxygen atoms in total. The Balaban J connectivity index is 1.88. The zero-order valence-electron chi connectivity index (χ0n) is 13.9. The molecule has 0 spiro atoms. The highest BCUT2D eigenvalue weighted by Gasteiger charge is 2.18. The molecular formula is C21H20O4. The summed E-state index contributed by atoms with van der Waals surface area (Å²) in [7, 11) is 0. The van der Waals surface area contributed by atoms with Gasteiger partial charge in [-0.15, -0.1) is 0 Å². The molecule has 3 aromatic carbocycles. The molecule has 1 N–H and O–H groups in total. The van der Waals surface area contributed by atoms with E-state index < -0.39 is 5.97 Å². The number of esters is 1. The van der Waals surface area contributed by atoms with E-state index in [0.29, 0.717) is 24.3 Å². The van der Waals surface area contributed by atoms with Crippen molar-refractivity contribution in [3.63, 3.8) is 0 Å². The Morgan fingerprint density at radius 1 is 0.920 bits per heavy atom. The summed E-state index contributed by atoms with van der Waals surface area (Å²) in [5, 5.41) is 10.7. The van der Waals surface area contributed by atoms with Crippen LogP contribution in [0, 0.1) is 0 Å². The summed E-state index contributed by atoms with van der Waals surface area (Å²) in [6.45, 7) is 0.591. The van der Waals surface area contributed by atoms with Crippen LogP contribution in [0.1, 0.15) is 22.3 Å². The first-order chi connectivity index (χ1) is 12.3. The topological polar surface area (TPSA) is 55.8 Å². The standard InChI is InChI=1S/C21H20O4/c22-13-6-14-24-19-12-11-17-9-4-5-10-18(17)20(19)21(23)25-15-16-7-2-1-3-8-16/h1-5,7-12,22H,6,13-15H2. The Morgan fingerprint density at radius 3 is 2.48 bits per heavy atom. The zero-order valence-corrected chi connectivity index (χ0v) is 13.9. The molecule has 0 aliphatic rings. The van der Waals surface area contributed by atoms with Gasteiger partial charge < -0.3 is 14.6 Å². The average molecular weight is 336 g/mol. The highest BCUT2D eigenvalue weighted by Crippen LogP contribution is 2.29. The van der Waals surface area contributed by atoms with Crippen molar-refractivity contribution in [3.8, 4) is 5.75 Å². The van der Waals surface area contributed by atoms with Crippen LogP contribution in [0.5, 0.6) is 5.75 Å². The second kappa shape index (κ2) is 8.31. The molecule has 0 aromatic heterocycles. The number of aliphatic hydroxyl groups excluding tert-OH is 1. The van der Waals surface area contributed by atoms with Crippen LogP contribution in [0.3, 0.4) is 0 Å². The number of ether oxygens (including phenoxy) is 2. The van der Waals surface area contributed by atoms with Gasteiger partial charge in [-0.25, -0.2) is 4.79 Å². The molecule has 0 bridgehead atoms. The Hall–Kier alpha value is -2.85. The molecule has 0 unspecified atom stereocenters. The van der Waals surface area contributed by atoms with Crippen LogP contribution >= 0.6 is 0 Å². The van der Waals surface area contributed by atoms with E-state index >= 15 is 0 Å². The molecule has 25 heavy (non-hydrogen) atoms. The fourth-order valence-corrected chi connectivity index (χ4v) is 2.62. The van der Waals surface area contributed by atoms with Crippen molar-refractivity contribution in [2.24, 2.45) is 0 Å². The van der Waals surface area contributed by atoms with Gasteiger partial charge in [-0.05, 0) is 22.4 Å². The summed E-state index contributed by atoms with van der Waals surface area (Å²) in [6.07, 6.45) is 0.505. The van der Waals surface area contributed by atoms with Crippen molar-refractivity contribution in [2.75, 3.05) is 13.2 Å². The van der Waals surface area contributed by atoms with Gasteiger partial charge in [-0.1, -0.05) is 60.7 Å². The molecule has 0 aliphatic carbocycles. The number of benzene rings is 3. The molecule has 0 saturated heterocycles. The Labute approximate surface area is 146 Å². The van der Waals surface area contributed by atoms with Gasteiger partial charge in [0.2, 0.25) is 0 Å². The number of carbonyl (C=O) groups is 1. The molecule has 4 heteroatoms. The molecule has 3 aromatic rings. The van der Waals surface area contributed by atoms with Crippen molar-refractivity contribution in [1.82, 2.24) is 0 Å². The Kier molecular flexibility index (Phi) is 5.65. The second-order valence-corrected chi connectivity index (χ2v) is 5.65. The maximum atomic E-state index is 12.7. The largest absolute Gasteiger partial charge is 0.493 e. The zero-order chi connectivity index (χ0) is 17.5. The summed E-state index contributed by atoms with van der Waals surface area (Å²) < 4.78 is 11.2. The van der Waals surface area contributed by atoms with Crippen LogP contribution in [-0.4, -0.2) is 24.3 Å². The van der Waals surface area contributed by atoms with E-state index in [9.17, 15) is 4.79 Å². The normalized spacial score (nSPS) is 10.6. The first-order valence-electron chi connectivity index (χ1n) is 8.26. The predicted molar refractivity (Wildman–Crippen MR) is 96.7 cm³/mol. The summed E-state index contributed by atoms with van der Waals surface area (Å²) in [6, 6.07) is 20.9. The quantitative estimate of drug-likeness (QED) is 0.524. The Bertz CT molecular complexity index is 843. The lowest BCUT2D eigenvalue weighted by molar-refractivity contribution is 0.0470. The summed E-state index contributed by atoms with van der Waals surface area (Å²) >= 11 is 0. The van der Waals surface area contributed by atoms with E-state index in [0.717, 1.165) is 16.3 Å². The lowest BCUT2D eigenvalue weighted by Crippen LogP contribution is -2.10. The van der Waals surface area contributed by atoms with Crippen molar-refractivity contribution in [2.45, 2.75) is 13.0 Å². The van der Waals surface area contributed by atoms with Crippen LogP contribution in [-0.2, 0) is 11.3 Å². The molecule has 0 aliphatic heterocycles. The lowest BCUT2D eigenvalue weighted by atomic mass is 10.0. The van der Waals surface area contributed by atoms with Gasteiger partial charge in [0, 0.05) is 13.0 Å². The van der Waals surface area contributed by atoms with Crippen molar-refractivity contribution < 1.29 is 19.4 Å². The van der Waals surface area contributed by atoms with Gasteiger partial charge >= 0.3 is 5.97 Å². The van der Waals surface area contributed by atoms with Crippen LogP contribution in [0.15, 0.2) is 66.7 Å². The van der Waals surface area contributed by atoms with E-state index in [1.807, 2.05) is 60.7 Å². The maximum Gasteiger partial charge on any atom is 0.342 e. The summed E-state index contributed by atoms with van der Waals surface area (Å²) in [4.78, 5) is 12.7. The van der Waals surface area contributed by atoms with Crippen LogP contribution in [0.4, 0.5) is 0 Å². The number of hydrogen-bond donors (Lipinski definition) is 1. The number of rotatable bonds is 7. The monoisotopic (exact) mass is 336 g/mol. The van der Waals surface area contributed by atoms with E-state index in [1.54, 1.807) is 6.07 Å². The number of hydrogen-bond acceptors (Lipinski definition) is 4. The van der Waals surface area contributed by atoms with Crippen molar-refractivity contribution in [3.05, 3.63) is 77.9 Å². The molecule has 0 heterocycles. The number of aliphatic hydroxyl groups is 1. The molecule has 3 rings (SSSR count). The first-order valence-corrected chi connectivity index (χ1v) is 8.26. The average Bonchev–Trinajstić information content (AvgIpc) is 2.67. The minimum Gasteiger partial charge on any atom is -0.493 e. The summed E-state index contributed by atoms with van der Waals surface area (Å²) in [5.41, 5.74) is 1.35. The maximum absolute atomic E-state index is 12.7. The van der Waals surface area contributed by atoms with Gasteiger partial charge in [-0.2, -0.15) is 0 Å². The third-order valence-electron chi connectivity index (χ3n) is 3.87. The highest BCUT2D eigenvalue weighted by molar-refractivity contribution is 6.07. The smallest absolute Gasteiger partial charge is 0.342 e. The Morgan fingerprint density at radius 2 is 1.68 bits per heavy atom. The molecule has 0 saturated carbocycles. The van der Waals surface area contributed by atoms with Crippen LogP contribution in [0.25, 0.3) is 10.8 Å². The van der Waals surface area contributed by atoms with E-state index in [4.69, 9.17) is 14.6 Å². The predicted octanol–water partition coefficient (Wildman–Crippen LogP) is 3.96.